The molecule has 0 aliphatic carbocycles. The number of thioether (sulfide) groups is 1. The van der Waals surface area contributed by atoms with Crippen molar-refractivity contribution in [3.05, 3.63) is 83.0 Å². The monoisotopic (exact) mass is 365 g/mol. The lowest BCUT2D eigenvalue weighted by Crippen LogP contribution is -2.16. The highest BCUT2D eigenvalue weighted by Crippen LogP contribution is 2.15. The molecule has 0 bridgehead atoms. The van der Waals surface area contributed by atoms with Crippen LogP contribution >= 0.6 is 11.8 Å². The molecular formula is C21H23N3OS. The van der Waals surface area contributed by atoms with Crippen molar-refractivity contribution in [1.29, 1.82) is 0 Å². The van der Waals surface area contributed by atoms with Crippen molar-refractivity contribution >= 4 is 23.5 Å². The van der Waals surface area contributed by atoms with Crippen LogP contribution in [0, 0.1) is 0 Å². The van der Waals surface area contributed by atoms with Crippen LogP contribution in [0.5, 0.6) is 0 Å². The molecule has 0 aliphatic rings. The van der Waals surface area contributed by atoms with Crippen LogP contribution in [-0.2, 0) is 18.7 Å². The highest BCUT2D eigenvalue weighted by Gasteiger charge is 2.10. The Morgan fingerprint density at radius 3 is 2.31 bits per heavy atom. The van der Waals surface area contributed by atoms with Gasteiger partial charge in [-0.05, 0) is 41.5 Å². The summed E-state index contributed by atoms with van der Waals surface area (Å²) in [6.07, 6.45) is 4.80. The van der Waals surface area contributed by atoms with Crippen molar-refractivity contribution in [2.24, 2.45) is 0 Å². The van der Waals surface area contributed by atoms with Gasteiger partial charge in [-0.3, -0.25) is 4.79 Å². The van der Waals surface area contributed by atoms with Gasteiger partial charge in [0.2, 0.25) is 0 Å². The smallest absolute Gasteiger partial charge is 0.256 e. The van der Waals surface area contributed by atoms with Gasteiger partial charge in [0.1, 0.15) is 5.82 Å². The first-order valence-corrected chi connectivity index (χ1v) is 10.1. The number of hydrogen-bond donors (Lipinski definition) is 1. The Labute approximate surface area is 158 Å². The van der Waals surface area contributed by atoms with E-state index in [0.717, 1.165) is 17.7 Å². The lowest BCUT2D eigenvalue weighted by Gasteiger charge is -2.10. The quantitative estimate of drug-likeness (QED) is 0.665. The Morgan fingerprint density at radius 2 is 1.65 bits per heavy atom. The molecule has 0 atom stereocenters. The highest BCUT2D eigenvalue weighted by atomic mass is 32.2. The van der Waals surface area contributed by atoms with E-state index in [2.05, 4.69) is 47.9 Å². The Morgan fingerprint density at radius 1 is 1.00 bits per heavy atom. The van der Waals surface area contributed by atoms with E-state index in [1.54, 1.807) is 22.6 Å². The minimum Gasteiger partial charge on any atom is -0.307 e. The summed E-state index contributed by atoms with van der Waals surface area (Å²) in [6, 6.07) is 18.0. The summed E-state index contributed by atoms with van der Waals surface area (Å²) < 4.78 is 1.81. The molecule has 0 saturated heterocycles. The van der Waals surface area contributed by atoms with Crippen molar-refractivity contribution in [3.8, 4) is 0 Å². The number of carbonyl (C=O) groups is 1. The second-order valence-electron chi connectivity index (χ2n) is 6.13. The van der Waals surface area contributed by atoms with Crippen LogP contribution in [0.4, 0.5) is 5.82 Å². The van der Waals surface area contributed by atoms with Gasteiger partial charge in [-0.2, -0.15) is 16.9 Å². The average Bonchev–Trinajstić information content (AvgIpc) is 3.10. The summed E-state index contributed by atoms with van der Waals surface area (Å²) in [6.45, 7) is 2.77. The van der Waals surface area contributed by atoms with Crippen molar-refractivity contribution in [3.63, 3.8) is 0 Å². The molecule has 0 saturated carbocycles. The molecule has 5 heteroatoms. The van der Waals surface area contributed by atoms with Gasteiger partial charge in [-0.25, -0.2) is 4.68 Å². The van der Waals surface area contributed by atoms with Crippen LogP contribution in [0.25, 0.3) is 0 Å². The zero-order chi connectivity index (χ0) is 18.4. The fourth-order valence-corrected chi connectivity index (χ4v) is 3.25. The lowest BCUT2D eigenvalue weighted by atomic mass is 10.1. The Kier molecular flexibility index (Phi) is 6.12. The normalized spacial score (nSPS) is 10.7. The van der Waals surface area contributed by atoms with Crippen LogP contribution in [-0.4, -0.2) is 21.9 Å². The van der Waals surface area contributed by atoms with Crippen LogP contribution in [0.2, 0.25) is 0 Å². The molecule has 0 spiro atoms. The lowest BCUT2D eigenvalue weighted by molar-refractivity contribution is 0.102. The third kappa shape index (κ3) is 4.55. The predicted octanol–water partition coefficient (Wildman–Crippen LogP) is 4.61. The maximum atomic E-state index is 12.5. The molecule has 4 nitrogen and oxygen atoms in total. The minimum absolute atomic E-state index is 0.121. The van der Waals surface area contributed by atoms with Crippen LogP contribution in [0.3, 0.4) is 0 Å². The molecule has 1 heterocycles. The first kappa shape index (κ1) is 18.3. The summed E-state index contributed by atoms with van der Waals surface area (Å²) in [5.41, 5.74) is 4.33. The Balaban J connectivity index is 1.68. The van der Waals surface area contributed by atoms with Gasteiger partial charge in [0.05, 0.1) is 12.7 Å². The number of benzene rings is 2. The van der Waals surface area contributed by atoms with Crippen molar-refractivity contribution < 1.29 is 4.79 Å². The van der Waals surface area contributed by atoms with Gasteiger partial charge in [0, 0.05) is 17.4 Å². The van der Waals surface area contributed by atoms with Crippen LogP contribution in [0.1, 0.15) is 34.0 Å². The molecule has 26 heavy (non-hydrogen) atoms. The first-order chi connectivity index (χ1) is 12.7. The van der Waals surface area contributed by atoms with Crippen LogP contribution in [0.15, 0.2) is 60.8 Å². The van der Waals surface area contributed by atoms with E-state index in [4.69, 9.17) is 0 Å². The number of rotatable bonds is 7. The molecule has 0 unspecified atom stereocenters. The van der Waals surface area contributed by atoms with E-state index in [1.165, 1.54) is 11.1 Å². The third-order valence-corrected chi connectivity index (χ3v) is 4.87. The molecule has 134 valence electrons. The summed E-state index contributed by atoms with van der Waals surface area (Å²) >= 11 is 1.77. The number of nitrogens with one attached hydrogen (secondary N) is 1. The van der Waals surface area contributed by atoms with Crippen molar-refractivity contribution in [1.82, 2.24) is 9.78 Å². The predicted molar refractivity (Wildman–Crippen MR) is 109 cm³/mol. The minimum atomic E-state index is -0.121. The topological polar surface area (TPSA) is 46.9 Å². The summed E-state index contributed by atoms with van der Waals surface area (Å²) in [7, 11) is 0. The second kappa shape index (κ2) is 8.72. The molecule has 3 rings (SSSR count). The summed E-state index contributed by atoms with van der Waals surface area (Å²) in [4.78, 5) is 12.5. The zero-order valence-electron chi connectivity index (χ0n) is 15.1. The van der Waals surface area contributed by atoms with Crippen molar-refractivity contribution in [2.75, 3.05) is 11.6 Å². The molecule has 2 aromatic carbocycles. The largest absolute Gasteiger partial charge is 0.307 e. The van der Waals surface area contributed by atoms with Gasteiger partial charge in [0.25, 0.3) is 5.91 Å². The zero-order valence-corrected chi connectivity index (χ0v) is 15.9. The fraction of sp³-hybridized carbons (Fsp3) is 0.238. The van der Waals surface area contributed by atoms with Gasteiger partial charge >= 0.3 is 0 Å². The van der Waals surface area contributed by atoms with E-state index in [0.29, 0.717) is 17.9 Å². The molecule has 0 radical (unpaired) electrons. The third-order valence-electron chi connectivity index (χ3n) is 4.25. The van der Waals surface area contributed by atoms with E-state index < -0.39 is 0 Å². The van der Waals surface area contributed by atoms with Gasteiger partial charge in [0.15, 0.2) is 0 Å². The number of aromatic nitrogens is 2. The molecular weight excluding hydrogens is 342 g/mol. The summed E-state index contributed by atoms with van der Waals surface area (Å²) in [5.74, 6) is 1.53. The van der Waals surface area contributed by atoms with Gasteiger partial charge in [-0.15, -0.1) is 0 Å². The number of anilines is 1. The molecule has 0 aliphatic heterocycles. The van der Waals surface area contributed by atoms with E-state index in [1.807, 2.05) is 30.3 Å². The van der Waals surface area contributed by atoms with E-state index in [-0.39, 0.29) is 5.91 Å². The second-order valence-corrected chi connectivity index (χ2v) is 6.99. The molecule has 1 aromatic heterocycles. The highest BCUT2D eigenvalue weighted by molar-refractivity contribution is 7.97. The number of carbonyl (C=O) groups excluding carboxylic acids is 1. The van der Waals surface area contributed by atoms with Gasteiger partial charge in [-0.1, -0.05) is 43.3 Å². The standard InChI is InChI=1S/C21H23N3OS/c1-3-16-4-6-17(7-5-16)14-24-20(12-13-22-24)23-21(25)19-10-8-18(9-11-19)15-26-2/h4-13H,3,14-15H2,1-2H3,(H,23,25). The van der Waals surface area contributed by atoms with Gasteiger partial charge < -0.3 is 5.32 Å². The van der Waals surface area contributed by atoms with Crippen molar-refractivity contribution in [2.45, 2.75) is 25.6 Å². The first-order valence-electron chi connectivity index (χ1n) is 8.68. The van der Waals surface area contributed by atoms with Crippen LogP contribution < -0.4 is 5.32 Å². The molecule has 1 amide bonds. The number of hydrogen-bond acceptors (Lipinski definition) is 3. The number of aryl methyl sites for hydroxylation is 1. The Hall–Kier alpha value is -2.53. The average molecular weight is 366 g/mol. The summed E-state index contributed by atoms with van der Waals surface area (Å²) in [5, 5.41) is 7.30. The molecule has 1 N–H and O–H groups in total. The van der Waals surface area contributed by atoms with E-state index in [9.17, 15) is 4.79 Å². The number of amides is 1. The molecule has 3 aromatic rings. The SMILES string of the molecule is CCc1ccc(Cn2nccc2NC(=O)c2ccc(CSC)cc2)cc1. The maximum absolute atomic E-state index is 12.5. The maximum Gasteiger partial charge on any atom is 0.256 e. The Bertz CT molecular complexity index is 854. The molecule has 0 fully saturated rings. The van der Waals surface area contributed by atoms with E-state index >= 15 is 0 Å². The number of nitrogens with zero attached hydrogens (tertiary/aromatic N) is 2. The fourth-order valence-electron chi connectivity index (χ4n) is 2.73.